The number of rotatable bonds is 5. The lowest BCUT2D eigenvalue weighted by atomic mass is 9.68. The zero-order valence-electron chi connectivity index (χ0n) is 36.7. The van der Waals surface area contributed by atoms with E-state index in [1.54, 1.807) is 0 Å². The fraction of sp³-hybridized carbons (Fsp3) is 0.0625. The first-order chi connectivity index (χ1) is 32.5. The Kier molecular flexibility index (Phi) is 7.70. The van der Waals surface area contributed by atoms with E-state index in [1.807, 2.05) is 0 Å². The Labute approximate surface area is 384 Å². The van der Waals surface area contributed by atoms with Gasteiger partial charge in [0.25, 0.3) is 0 Å². The van der Waals surface area contributed by atoms with Crippen molar-refractivity contribution in [3.63, 3.8) is 0 Å². The van der Waals surface area contributed by atoms with Crippen molar-refractivity contribution in [1.82, 2.24) is 0 Å². The molecule has 0 amide bonds. The summed E-state index contributed by atoms with van der Waals surface area (Å²) >= 11 is 0. The first-order valence-corrected chi connectivity index (χ1v) is 23.1. The Bertz CT molecular complexity index is 3800. The smallest absolute Gasteiger partial charge is 0.143 e. The van der Waals surface area contributed by atoms with Gasteiger partial charge in [-0.2, -0.15) is 0 Å². The van der Waals surface area contributed by atoms with Gasteiger partial charge in [-0.25, -0.2) is 0 Å². The first-order valence-electron chi connectivity index (χ1n) is 23.1. The number of fused-ring (bicyclic) bond motifs is 17. The summed E-state index contributed by atoms with van der Waals surface area (Å²) in [5, 5.41) is 2.30. The monoisotopic (exact) mass is 841 g/mol. The maximum Gasteiger partial charge on any atom is 0.143 e. The molecule has 10 aromatic carbocycles. The molecule has 0 radical (unpaired) electrons. The van der Waals surface area contributed by atoms with Crippen LogP contribution in [0.15, 0.2) is 229 Å². The third-order valence-electron chi connectivity index (χ3n) is 15.1. The van der Waals surface area contributed by atoms with Gasteiger partial charge in [-0.15, -0.1) is 0 Å². The number of anilines is 3. The molecule has 1 unspecified atom stereocenters. The van der Waals surface area contributed by atoms with E-state index in [0.29, 0.717) is 0 Å². The number of nitrogens with zero attached hydrogens (tertiary/aromatic N) is 1. The van der Waals surface area contributed by atoms with E-state index >= 15 is 0 Å². The van der Waals surface area contributed by atoms with Crippen molar-refractivity contribution < 1.29 is 4.42 Å². The van der Waals surface area contributed by atoms with E-state index in [9.17, 15) is 0 Å². The number of hydrogen-bond donors (Lipinski definition) is 0. The average Bonchev–Trinajstić information content (AvgIpc) is 4.07. The lowest BCUT2D eigenvalue weighted by Crippen LogP contribution is -2.26. The minimum absolute atomic E-state index is 0.137. The normalized spacial score (nSPS) is 15.6. The zero-order valence-corrected chi connectivity index (χ0v) is 36.7. The minimum Gasteiger partial charge on any atom is -0.455 e. The van der Waals surface area contributed by atoms with E-state index in [2.05, 4.69) is 243 Å². The molecule has 0 saturated heterocycles. The predicted octanol–water partition coefficient (Wildman–Crippen LogP) is 17.0. The molecule has 0 bridgehead atoms. The molecule has 11 aromatic rings. The fourth-order valence-electron chi connectivity index (χ4n) is 12.2. The first kappa shape index (κ1) is 37.2. The van der Waals surface area contributed by atoms with E-state index in [-0.39, 0.29) is 5.41 Å². The highest BCUT2D eigenvalue weighted by atomic mass is 16.3. The van der Waals surface area contributed by atoms with Crippen LogP contribution in [0.25, 0.3) is 77.6 Å². The molecular formula is C64H43NO. The summed E-state index contributed by atoms with van der Waals surface area (Å²) < 4.78 is 6.86. The van der Waals surface area contributed by atoms with Crippen LogP contribution in [-0.4, -0.2) is 0 Å². The molecule has 3 aliphatic carbocycles. The summed E-state index contributed by atoms with van der Waals surface area (Å²) in [6.45, 7) is 4.73. The van der Waals surface area contributed by atoms with E-state index < -0.39 is 5.41 Å². The largest absolute Gasteiger partial charge is 0.455 e. The van der Waals surface area contributed by atoms with Crippen LogP contribution in [0.2, 0.25) is 0 Å². The quantitative estimate of drug-likeness (QED) is 0.172. The van der Waals surface area contributed by atoms with Crippen LogP contribution in [0.1, 0.15) is 47.2 Å². The lowest BCUT2D eigenvalue weighted by molar-refractivity contribution is 0.660. The predicted molar refractivity (Wildman–Crippen MR) is 273 cm³/mol. The highest BCUT2D eigenvalue weighted by molar-refractivity contribution is 6.13. The Morgan fingerprint density at radius 1 is 0.348 bits per heavy atom. The van der Waals surface area contributed by atoms with Gasteiger partial charge in [0.1, 0.15) is 11.2 Å². The summed E-state index contributed by atoms with van der Waals surface area (Å²) in [7, 11) is 0. The third-order valence-corrected chi connectivity index (χ3v) is 15.1. The average molecular weight is 842 g/mol. The van der Waals surface area contributed by atoms with Crippen LogP contribution >= 0.6 is 0 Å². The number of para-hydroxylation sites is 1. The molecule has 1 heterocycles. The van der Waals surface area contributed by atoms with Crippen LogP contribution in [0.3, 0.4) is 0 Å². The molecule has 14 rings (SSSR count). The SMILES string of the molecule is CC1(C)c2ccccc2-c2ccc(N(c3ccc(-c4ccccc4)cc3)c3cccc(-c4cccc5c4C4(c6ccccc6-5)c5ccccc5-c5c4ccc4c5oc5ccccc54)c3)cc21. The Hall–Kier alpha value is -8.20. The molecule has 2 heteroatoms. The molecule has 3 aliphatic rings. The van der Waals surface area contributed by atoms with E-state index in [4.69, 9.17) is 4.42 Å². The maximum atomic E-state index is 6.86. The van der Waals surface area contributed by atoms with Gasteiger partial charge < -0.3 is 9.32 Å². The highest BCUT2D eigenvalue weighted by Crippen LogP contribution is 2.66. The van der Waals surface area contributed by atoms with Gasteiger partial charge in [-0.3, -0.25) is 0 Å². The van der Waals surface area contributed by atoms with Crippen LogP contribution < -0.4 is 4.90 Å². The molecular weight excluding hydrogens is 799 g/mol. The molecule has 0 fully saturated rings. The lowest BCUT2D eigenvalue weighted by Gasteiger charge is -2.32. The number of furan rings is 1. The van der Waals surface area contributed by atoms with Crippen molar-refractivity contribution in [3.05, 3.63) is 258 Å². The second kappa shape index (κ2) is 13.7. The molecule has 66 heavy (non-hydrogen) atoms. The second-order valence-corrected chi connectivity index (χ2v) is 18.7. The summed E-state index contributed by atoms with van der Waals surface area (Å²) in [4.78, 5) is 2.45. The number of benzene rings is 10. The zero-order chi connectivity index (χ0) is 43.7. The Balaban J connectivity index is 0.990. The molecule has 2 nitrogen and oxygen atoms in total. The third kappa shape index (κ3) is 4.96. The highest BCUT2D eigenvalue weighted by Gasteiger charge is 2.53. The molecule has 310 valence electrons. The van der Waals surface area contributed by atoms with Crippen molar-refractivity contribution in [2.45, 2.75) is 24.7 Å². The van der Waals surface area contributed by atoms with E-state index in [1.165, 1.54) is 89.0 Å². The topological polar surface area (TPSA) is 16.4 Å². The summed E-state index contributed by atoms with van der Waals surface area (Å²) in [6.07, 6.45) is 0. The van der Waals surface area contributed by atoms with E-state index in [0.717, 1.165) is 39.0 Å². The molecule has 0 N–H and O–H groups in total. The van der Waals surface area contributed by atoms with Gasteiger partial charge in [0, 0.05) is 38.8 Å². The van der Waals surface area contributed by atoms with Crippen LogP contribution in [0.4, 0.5) is 17.1 Å². The van der Waals surface area contributed by atoms with Gasteiger partial charge in [-0.1, -0.05) is 196 Å². The van der Waals surface area contributed by atoms with Crippen LogP contribution in [0.5, 0.6) is 0 Å². The summed E-state index contributed by atoms with van der Waals surface area (Å²) in [5.41, 5.74) is 24.9. The number of hydrogen-bond acceptors (Lipinski definition) is 2. The van der Waals surface area contributed by atoms with Crippen LogP contribution in [-0.2, 0) is 10.8 Å². The van der Waals surface area contributed by atoms with Crippen molar-refractivity contribution >= 4 is 39.0 Å². The van der Waals surface area contributed by atoms with Crippen molar-refractivity contribution in [2.75, 3.05) is 4.90 Å². The van der Waals surface area contributed by atoms with Crippen molar-refractivity contribution in [1.29, 1.82) is 0 Å². The molecule has 1 atom stereocenters. The minimum atomic E-state index is -0.564. The maximum absolute atomic E-state index is 6.86. The van der Waals surface area contributed by atoms with Crippen molar-refractivity contribution in [2.24, 2.45) is 0 Å². The molecule has 0 saturated carbocycles. The standard InChI is InChI=1S/C64H43NO/c1-63(2)54-26-10-6-20-47(54)49-35-34-45(39-58(49)63)65(43-32-30-41(31-33-43)40-16-4-3-5-17-40)44-19-14-18-42(38-44)46-24-15-25-51-48-21-7-11-27-55(48)64(61(46)51)56-28-12-8-23-53(56)60-57(64)37-36-52-50-22-9-13-29-59(50)66-62(52)60/h3-39H,1-2H3. The van der Waals surface area contributed by atoms with Gasteiger partial charge in [0.05, 0.1) is 5.41 Å². The molecule has 1 spiro atoms. The molecule has 0 aliphatic heterocycles. The Morgan fingerprint density at radius 2 is 0.924 bits per heavy atom. The van der Waals surface area contributed by atoms with Gasteiger partial charge in [0.2, 0.25) is 0 Å². The molecule has 1 aromatic heterocycles. The second-order valence-electron chi connectivity index (χ2n) is 18.7. The Morgan fingerprint density at radius 3 is 1.74 bits per heavy atom. The van der Waals surface area contributed by atoms with Gasteiger partial charge >= 0.3 is 0 Å². The fourth-order valence-corrected chi connectivity index (χ4v) is 12.2. The van der Waals surface area contributed by atoms with Gasteiger partial charge in [-0.05, 0) is 126 Å². The summed E-state index contributed by atoms with van der Waals surface area (Å²) in [5.74, 6) is 0. The van der Waals surface area contributed by atoms with Gasteiger partial charge in [0.15, 0.2) is 0 Å². The summed E-state index contributed by atoms with van der Waals surface area (Å²) in [6, 6.07) is 83.1. The van der Waals surface area contributed by atoms with Crippen molar-refractivity contribution in [3.8, 4) is 55.6 Å². The van der Waals surface area contributed by atoms with Crippen LogP contribution in [0, 0.1) is 0 Å².